The molecule has 96 heavy (non-hydrogen) atoms. The molecule has 7 heterocycles. The number of rotatable bonds is 6. The Morgan fingerprint density at radius 3 is 1.24 bits per heavy atom. The summed E-state index contributed by atoms with van der Waals surface area (Å²) in [6.45, 7) is 13.7. The molecular weight excluding hydrogens is 1220 g/mol. The summed E-state index contributed by atoms with van der Waals surface area (Å²) >= 11 is 0. The van der Waals surface area contributed by atoms with E-state index in [0.29, 0.717) is 122 Å². The fourth-order valence-electron chi connectivity index (χ4n) is 12.7. The first kappa shape index (κ1) is 63.5. The van der Waals surface area contributed by atoms with E-state index in [1.807, 2.05) is 95.3 Å². The van der Waals surface area contributed by atoms with Gasteiger partial charge in [0.1, 0.15) is 92.2 Å². The van der Waals surface area contributed by atoms with E-state index in [-0.39, 0.29) is 18.1 Å². The van der Waals surface area contributed by atoms with Gasteiger partial charge in [0, 0.05) is 101 Å². The first-order valence-electron chi connectivity index (χ1n) is 31.7. The van der Waals surface area contributed by atoms with Crippen LogP contribution in [0.5, 0.6) is 0 Å². The molecule has 0 spiro atoms. The van der Waals surface area contributed by atoms with Gasteiger partial charge in [-0.25, -0.2) is 24.9 Å². The minimum absolute atomic E-state index is 0.0413. The number of aromatic nitrogens is 10. The van der Waals surface area contributed by atoms with Gasteiger partial charge in [0.15, 0.2) is 0 Å². The highest BCUT2D eigenvalue weighted by atomic mass is 16.5. The lowest BCUT2D eigenvalue weighted by atomic mass is 9.90. The topological polar surface area (TPSA) is 325 Å². The van der Waals surface area contributed by atoms with Crippen molar-refractivity contribution in [1.29, 1.82) is 0 Å². The standard InChI is InChI=1S/C17H17N3O3.C15H12N2O3.2C14H12N2O2.C13H10N2O2/c1-10(20-6-8-23-9-7-20)17-18-13-11-4-2-3-5-12(11)15(21)16(22)14(13)19-17;18-13-9-5-2-1-4-8(9)11-12(14(13)19)17-15(16-11)10-6-3-7-20-10;1-7(2)14-15-10-8-5-3-4-6-9(8)12(17)13(18)11(10)16-14;1-3-10-15-11-8-6-4-5-7-9(8)13(17)14(18)12(11)16(10)2;1-2-9-14-10-7-5-3-4-6-8(7)12(16)13(17)11(10)15-9/h2-5,10H,6-9H2,1H3,(H,18,19);1-2,4-5,10H,3,6-7H2,(H,16,17);3-7H,1-2H3,(H,15,16);4-7H,3H2,1-2H3;3-6H,2H2,1H3,(H,14,15). The van der Waals surface area contributed by atoms with Crippen LogP contribution in [0, 0.1) is 0 Å². The molecule has 23 nitrogen and oxygen atoms in total. The second-order valence-electron chi connectivity index (χ2n) is 23.9. The van der Waals surface area contributed by atoms with E-state index < -0.39 is 57.8 Å². The molecule has 7 aliphatic rings. The third-order valence-corrected chi connectivity index (χ3v) is 17.8. The molecule has 2 aliphatic heterocycles. The summed E-state index contributed by atoms with van der Waals surface area (Å²) in [5.74, 6) is -0.956. The van der Waals surface area contributed by atoms with Crippen LogP contribution in [-0.4, -0.2) is 145 Å². The van der Waals surface area contributed by atoms with Gasteiger partial charge in [0.25, 0.3) is 28.9 Å². The first-order valence-corrected chi connectivity index (χ1v) is 31.7. The Morgan fingerprint density at radius 2 is 0.812 bits per heavy atom. The molecule has 482 valence electrons. The third kappa shape index (κ3) is 11.1. The third-order valence-electron chi connectivity index (χ3n) is 17.8. The van der Waals surface area contributed by atoms with Crippen LogP contribution in [0.3, 0.4) is 0 Å². The summed E-state index contributed by atoms with van der Waals surface area (Å²) in [5, 5.41) is 0. The number of benzene rings is 5. The number of H-pyrrole nitrogens is 4. The van der Waals surface area contributed by atoms with E-state index in [4.69, 9.17) is 9.47 Å². The molecule has 2 atom stereocenters. The number of imidazole rings is 5. The Balaban J connectivity index is 0.000000109. The van der Waals surface area contributed by atoms with Crippen LogP contribution >= 0.6 is 0 Å². The Hall–Kier alpha value is -11.3. The minimum Gasteiger partial charge on any atom is -0.379 e. The van der Waals surface area contributed by atoms with Gasteiger partial charge in [-0.1, -0.05) is 149 Å². The van der Waals surface area contributed by atoms with Crippen LogP contribution in [0.25, 0.3) is 56.3 Å². The van der Waals surface area contributed by atoms with Crippen LogP contribution in [-0.2, 0) is 29.4 Å². The van der Waals surface area contributed by atoms with Crippen LogP contribution < -0.4 is 0 Å². The SMILES string of the molecule is CC(C)c1nc2c([nH]1)C(=O)C(=O)c1ccccc1-2.CC(c1nc2c([nH]1)C(=O)C(=O)c1ccccc1-2)N1CCOCC1.CCc1nc2c([nH]1)C(=O)C(=O)c1ccccc1-2.CCc1nc2c(n1C)C(=O)C(=O)c1ccccc1-2.O=C1C(=O)c2[nH]c(C3CCCO3)nc2-c2ccccc21. The molecule has 2 saturated heterocycles. The number of ether oxygens (including phenoxy) is 2. The van der Waals surface area contributed by atoms with Gasteiger partial charge in [-0.2, -0.15) is 0 Å². The molecule has 10 aromatic rings. The van der Waals surface area contributed by atoms with Crippen molar-refractivity contribution in [1.82, 2.24) is 54.3 Å². The van der Waals surface area contributed by atoms with Crippen molar-refractivity contribution in [2.75, 3.05) is 32.9 Å². The van der Waals surface area contributed by atoms with E-state index in [0.717, 1.165) is 77.9 Å². The summed E-state index contributed by atoms with van der Waals surface area (Å²) in [6, 6.07) is 35.5. The zero-order valence-electron chi connectivity index (χ0n) is 53.2. The lowest BCUT2D eigenvalue weighted by molar-refractivity contribution is 0.0183. The molecule has 23 heteroatoms. The lowest BCUT2D eigenvalue weighted by Gasteiger charge is -2.31. The van der Waals surface area contributed by atoms with E-state index in [1.54, 1.807) is 72.3 Å². The van der Waals surface area contributed by atoms with E-state index >= 15 is 0 Å². The molecule has 2 unspecified atom stereocenters. The summed E-state index contributed by atoms with van der Waals surface area (Å²) in [6.07, 6.45) is 3.20. The fraction of sp³-hybridized carbons (Fsp3) is 0.247. The van der Waals surface area contributed by atoms with Crippen LogP contribution in [0.1, 0.15) is 199 Å². The summed E-state index contributed by atoms with van der Waals surface area (Å²) in [5.41, 5.74) is 10.5. The van der Waals surface area contributed by atoms with E-state index in [9.17, 15) is 47.9 Å². The highest BCUT2D eigenvalue weighted by Gasteiger charge is 2.39. The van der Waals surface area contributed by atoms with Gasteiger partial charge < -0.3 is 34.0 Å². The zero-order valence-corrected chi connectivity index (χ0v) is 53.2. The minimum atomic E-state index is -0.518. The van der Waals surface area contributed by atoms with Crippen molar-refractivity contribution in [3.63, 3.8) is 0 Å². The molecule has 0 radical (unpaired) electrons. The fourth-order valence-corrected chi connectivity index (χ4v) is 12.7. The summed E-state index contributed by atoms with van der Waals surface area (Å²) in [7, 11) is 1.78. The number of aryl methyl sites for hydroxylation is 2. The van der Waals surface area contributed by atoms with Gasteiger partial charge in [0.05, 0.1) is 19.3 Å². The number of Topliss-reactive ketones (excluding diaryl/α,β-unsaturated/α-hetero) is 10. The van der Waals surface area contributed by atoms with Gasteiger partial charge in [-0.05, 0) is 19.8 Å². The Morgan fingerprint density at radius 1 is 0.427 bits per heavy atom. The zero-order chi connectivity index (χ0) is 67.4. The summed E-state index contributed by atoms with van der Waals surface area (Å²) < 4.78 is 12.7. The van der Waals surface area contributed by atoms with Crippen molar-refractivity contribution in [2.24, 2.45) is 7.05 Å². The number of nitrogens with one attached hydrogen (secondary N) is 4. The Bertz CT molecular complexity index is 4930. The number of carbonyl (C=O) groups is 10. The molecular formula is C73H63N11O12. The van der Waals surface area contributed by atoms with E-state index in [2.05, 4.69) is 49.8 Å². The van der Waals surface area contributed by atoms with Crippen LogP contribution in [0.4, 0.5) is 0 Å². The van der Waals surface area contributed by atoms with Crippen molar-refractivity contribution >= 4 is 57.8 Å². The number of hydrogen-bond acceptors (Lipinski definition) is 18. The number of aromatic amines is 4. The number of nitrogens with zero attached hydrogens (tertiary/aromatic N) is 7. The quantitative estimate of drug-likeness (QED) is 0.112. The Labute approximate surface area is 548 Å². The van der Waals surface area contributed by atoms with Crippen LogP contribution in [0.2, 0.25) is 0 Å². The number of morpholine rings is 1. The predicted octanol–water partition coefficient (Wildman–Crippen LogP) is 10.8. The molecule has 5 aromatic carbocycles. The van der Waals surface area contributed by atoms with Crippen molar-refractivity contribution in [2.45, 2.75) is 78.4 Å². The molecule has 2 fully saturated rings. The van der Waals surface area contributed by atoms with Crippen molar-refractivity contribution in [3.05, 3.63) is 207 Å². The van der Waals surface area contributed by atoms with Crippen molar-refractivity contribution in [3.8, 4) is 56.3 Å². The normalized spacial score (nSPS) is 16.5. The number of carbonyl (C=O) groups excluding carboxylic acids is 10. The maximum absolute atomic E-state index is 12.3. The molecule has 4 N–H and O–H groups in total. The highest BCUT2D eigenvalue weighted by molar-refractivity contribution is 6.55. The largest absolute Gasteiger partial charge is 0.379 e. The lowest BCUT2D eigenvalue weighted by Crippen LogP contribution is -2.38. The number of fused-ring (bicyclic) bond motifs is 15. The smallest absolute Gasteiger partial charge is 0.252 e. The molecule has 5 aromatic heterocycles. The first-order chi connectivity index (χ1) is 46.4. The van der Waals surface area contributed by atoms with Crippen LogP contribution in [0.15, 0.2) is 121 Å². The van der Waals surface area contributed by atoms with Gasteiger partial charge in [0.2, 0.25) is 28.9 Å². The highest BCUT2D eigenvalue weighted by Crippen LogP contribution is 2.39. The maximum atomic E-state index is 12.3. The van der Waals surface area contributed by atoms with Gasteiger partial charge in [-0.15, -0.1) is 0 Å². The van der Waals surface area contributed by atoms with E-state index in [1.165, 1.54) is 0 Å². The maximum Gasteiger partial charge on any atom is 0.252 e. The number of ketones is 10. The summed E-state index contributed by atoms with van der Waals surface area (Å²) in [4.78, 5) is 157. The van der Waals surface area contributed by atoms with Gasteiger partial charge in [-0.3, -0.25) is 52.8 Å². The van der Waals surface area contributed by atoms with Crippen molar-refractivity contribution < 1.29 is 57.4 Å². The monoisotopic (exact) mass is 1290 g/mol. The second-order valence-corrected chi connectivity index (χ2v) is 23.9. The predicted molar refractivity (Wildman–Crippen MR) is 350 cm³/mol. The molecule has 0 saturated carbocycles. The molecule has 17 rings (SSSR count). The molecule has 5 aliphatic carbocycles. The Kier molecular flexibility index (Phi) is 17.1. The molecule has 0 amide bonds. The average molecular weight is 1290 g/mol. The second kappa shape index (κ2) is 25.9. The number of hydrogen-bond donors (Lipinski definition) is 4. The average Bonchev–Trinajstić information content (AvgIpc) is 1.54. The molecule has 0 bridgehead atoms. The van der Waals surface area contributed by atoms with Gasteiger partial charge >= 0.3 is 0 Å².